The second kappa shape index (κ2) is 7.82. The van der Waals surface area contributed by atoms with Gasteiger partial charge in [0, 0.05) is 50.1 Å². The van der Waals surface area contributed by atoms with E-state index in [1.807, 2.05) is 6.07 Å². The lowest BCUT2D eigenvalue weighted by Crippen LogP contribution is -2.48. The number of halogens is 1. The van der Waals surface area contributed by atoms with Crippen molar-refractivity contribution in [2.75, 3.05) is 19.8 Å². The van der Waals surface area contributed by atoms with E-state index in [0.29, 0.717) is 41.4 Å². The molecule has 2 aliphatic carbocycles. The van der Waals surface area contributed by atoms with Crippen LogP contribution in [0.5, 0.6) is 0 Å². The fourth-order valence-electron chi connectivity index (χ4n) is 6.43. The Hall–Kier alpha value is -1.17. The van der Waals surface area contributed by atoms with Gasteiger partial charge in [-0.15, -0.1) is 0 Å². The van der Waals surface area contributed by atoms with Crippen LogP contribution < -0.4 is 5.32 Å². The van der Waals surface area contributed by atoms with Gasteiger partial charge >= 0.3 is 0 Å². The molecule has 1 N–H and O–H groups in total. The maximum Gasteiger partial charge on any atom is 0.229 e. The summed E-state index contributed by atoms with van der Waals surface area (Å²) in [6.45, 7) is 5.42. The van der Waals surface area contributed by atoms with Crippen LogP contribution in [0.15, 0.2) is 12.3 Å². The normalized spacial score (nSPS) is 36.7. The van der Waals surface area contributed by atoms with Crippen molar-refractivity contribution in [2.45, 2.75) is 70.5 Å². The molecule has 3 fully saturated rings. The predicted molar refractivity (Wildman–Crippen MR) is 113 cm³/mol. The Labute approximate surface area is 178 Å². The number of nitrogens with one attached hydrogen (secondary N) is 1. The average molecular weight is 418 g/mol. The van der Waals surface area contributed by atoms with Crippen LogP contribution in [0.1, 0.15) is 56.7 Å². The molecule has 6 heteroatoms. The van der Waals surface area contributed by atoms with Crippen LogP contribution in [0, 0.1) is 17.3 Å². The Morgan fingerprint density at radius 2 is 2.31 bits per heavy atom. The van der Waals surface area contributed by atoms with Crippen LogP contribution >= 0.6 is 11.6 Å². The predicted octanol–water partition coefficient (Wildman–Crippen LogP) is 3.58. The molecule has 5 rings (SSSR count). The van der Waals surface area contributed by atoms with Gasteiger partial charge in [-0.3, -0.25) is 9.78 Å². The monoisotopic (exact) mass is 417 g/mol. The topological polar surface area (TPSA) is 54.5 Å². The number of ether oxygens (including phenoxy) is 1. The quantitative estimate of drug-likeness (QED) is 0.816. The smallest absolute Gasteiger partial charge is 0.229 e. The molecular formula is C23H32ClN3O2. The fourth-order valence-corrected chi connectivity index (χ4v) is 6.62. The van der Waals surface area contributed by atoms with Gasteiger partial charge in [-0.05, 0) is 55.6 Å². The molecule has 3 heterocycles. The SMILES string of the molecule is C[C@@H]1COCC[C@@H]1NC1C[C@H]2CCC[C@@]2(C(=O)N2CCc3ncc(Cl)cc3C2)C1. The Morgan fingerprint density at radius 1 is 1.41 bits per heavy atom. The molecule has 5 atom stereocenters. The molecule has 1 amide bonds. The number of rotatable bonds is 3. The van der Waals surface area contributed by atoms with E-state index in [4.69, 9.17) is 16.3 Å². The van der Waals surface area contributed by atoms with E-state index in [-0.39, 0.29) is 5.41 Å². The van der Waals surface area contributed by atoms with E-state index >= 15 is 0 Å². The van der Waals surface area contributed by atoms with Crippen molar-refractivity contribution in [3.05, 3.63) is 28.5 Å². The second-order valence-corrected chi connectivity index (χ2v) is 10.2. The van der Waals surface area contributed by atoms with Crippen LogP contribution in [0.3, 0.4) is 0 Å². The van der Waals surface area contributed by atoms with Gasteiger partial charge in [0.1, 0.15) is 0 Å². The van der Waals surface area contributed by atoms with Gasteiger partial charge in [-0.2, -0.15) is 0 Å². The largest absolute Gasteiger partial charge is 0.381 e. The highest BCUT2D eigenvalue weighted by Gasteiger charge is 2.56. The van der Waals surface area contributed by atoms with Crippen molar-refractivity contribution < 1.29 is 9.53 Å². The number of nitrogens with zero attached hydrogens (tertiary/aromatic N) is 2. The molecule has 158 valence electrons. The Kier molecular flexibility index (Phi) is 5.34. The van der Waals surface area contributed by atoms with Crippen LogP contribution in [-0.4, -0.2) is 47.6 Å². The van der Waals surface area contributed by atoms with E-state index in [2.05, 4.69) is 22.1 Å². The first-order chi connectivity index (χ1) is 14.0. The van der Waals surface area contributed by atoms with E-state index in [1.54, 1.807) is 6.20 Å². The number of carbonyl (C=O) groups is 1. The molecule has 2 saturated carbocycles. The van der Waals surface area contributed by atoms with E-state index in [1.165, 1.54) is 12.8 Å². The van der Waals surface area contributed by atoms with Gasteiger partial charge in [0.25, 0.3) is 0 Å². The van der Waals surface area contributed by atoms with Crippen LogP contribution in [0.2, 0.25) is 5.02 Å². The molecule has 5 nitrogen and oxygen atoms in total. The van der Waals surface area contributed by atoms with Crippen molar-refractivity contribution in [3.63, 3.8) is 0 Å². The Bertz CT molecular complexity index is 787. The van der Waals surface area contributed by atoms with Gasteiger partial charge in [0.2, 0.25) is 5.91 Å². The van der Waals surface area contributed by atoms with Crippen LogP contribution in [0.25, 0.3) is 0 Å². The van der Waals surface area contributed by atoms with Crippen molar-refractivity contribution in [1.29, 1.82) is 0 Å². The van der Waals surface area contributed by atoms with Gasteiger partial charge in [0.15, 0.2) is 0 Å². The number of hydrogen-bond donors (Lipinski definition) is 1. The van der Waals surface area contributed by atoms with Crippen molar-refractivity contribution in [2.24, 2.45) is 17.3 Å². The number of pyridine rings is 1. The number of aromatic nitrogens is 1. The number of carbonyl (C=O) groups excluding carboxylic acids is 1. The maximum absolute atomic E-state index is 13.8. The fraction of sp³-hybridized carbons (Fsp3) is 0.739. The number of hydrogen-bond acceptors (Lipinski definition) is 4. The third-order valence-corrected chi connectivity index (χ3v) is 8.15. The summed E-state index contributed by atoms with van der Waals surface area (Å²) in [5.41, 5.74) is 2.06. The molecule has 1 aromatic heterocycles. The van der Waals surface area contributed by atoms with Crippen LogP contribution in [-0.2, 0) is 22.5 Å². The minimum absolute atomic E-state index is 0.157. The summed E-state index contributed by atoms with van der Waals surface area (Å²) < 4.78 is 5.61. The minimum Gasteiger partial charge on any atom is -0.381 e. The molecule has 2 aliphatic heterocycles. The molecule has 0 aromatic carbocycles. The lowest BCUT2D eigenvalue weighted by atomic mass is 9.78. The third kappa shape index (κ3) is 3.60. The lowest BCUT2D eigenvalue weighted by molar-refractivity contribution is -0.144. The van der Waals surface area contributed by atoms with E-state index < -0.39 is 0 Å². The summed E-state index contributed by atoms with van der Waals surface area (Å²) in [4.78, 5) is 20.4. The maximum atomic E-state index is 13.8. The molecule has 0 spiro atoms. The second-order valence-electron chi connectivity index (χ2n) is 9.73. The zero-order valence-electron chi connectivity index (χ0n) is 17.3. The number of amides is 1. The van der Waals surface area contributed by atoms with Gasteiger partial charge < -0.3 is 15.0 Å². The molecule has 29 heavy (non-hydrogen) atoms. The molecule has 1 aromatic rings. The van der Waals surface area contributed by atoms with Crippen LogP contribution in [0.4, 0.5) is 0 Å². The zero-order valence-corrected chi connectivity index (χ0v) is 18.1. The van der Waals surface area contributed by atoms with E-state index in [9.17, 15) is 4.79 Å². The molecule has 4 aliphatic rings. The molecule has 0 bridgehead atoms. The first-order valence-corrected chi connectivity index (χ1v) is 11.7. The molecule has 1 unspecified atom stereocenters. The van der Waals surface area contributed by atoms with Gasteiger partial charge in [-0.25, -0.2) is 0 Å². The first-order valence-electron chi connectivity index (χ1n) is 11.3. The summed E-state index contributed by atoms with van der Waals surface area (Å²) in [6.07, 6.45) is 9.22. The average Bonchev–Trinajstić information content (AvgIpc) is 3.26. The highest BCUT2D eigenvalue weighted by molar-refractivity contribution is 6.30. The minimum atomic E-state index is -0.157. The standard InChI is InChI=1S/C23H32ClN3O2/c1-15-14-29-8-5-20(15)26-19-10-17-3-2-6-23(17,11-19)22(28)27-7-4-21-16(13-27)9-18(24)12-25-21/h9,12,15,17,19-20,26H,2-8,10-11,13-14H2,1H3/t15-,17-,19?,20+,23-/m1/s1. The third-order valence-electron chi connectivity index (χ3n) is 7.95. The highest BCUT2D eigenvalue weighted by Crippen LogP contribution is 2.55. The first kappa shape index (κ1) is 19.8. The molecule has 1 saturated heterocycles. The van der Waals surface area contributed by atoms with Gasteiger partial charge in [0.05, 0.1) is 17.0 Å². The summed E-state index contributed by atoms with van der Waals surface area (Å²) in [5.74, 6) is 1.46. The summed E-state index contributed by atoms with van der Waals surface area (Å²) in [6, 6.07) is 2.97. The summed E-state index contributed by atoms with van der Waals surface area (Å²) in [5, 5.41) is 4.58. The van der Waals surface area contributed by atoms with Gasteiger partial charge in [-0.1, -0.05) is 24.9 Å². The zero-order chi connectivity index (χ0) is 20.0. The van der Waals surface area contributed by atoms with Crippen molar-refractivity contribution >= 4 is 17.5 Å². The summed E-state index contributed by atoms with van der Waals surface area (Å²) in [7, 11) is 0. The molecular weight excluding hydrogens is 386 g/mol. The summed E-state index contributed by atoms with van der Waals surface area (Å²) >= 11 is 6.16. The van der Waals surface area contributed by atoms with Crippen molar-refractivity contribution in [3.8, 4) is 0 Å². The highest BCUT2D eigenvalue weighted by atomic mass is 35.5. The van der Waals surface area contributed by atoms with E-state index in [0.717, 1.165) is 63.1 Å². The Morgan fingerprint density at radius 3 is 3.17 bits per heavy atom. The number of fused-ring (bicyclic) bond motifs is 2. The van der Waals surface area contributed by atoms with Crippen molar-refractivity contribution in [1.82, 2.24) is 15.2 Å². The lowest BCUT2D eigenvalue weighted by Gasteiger charge is -2.37. The molecule has 0 radical (unpaired) electrons. The Balaban J connectivity index is 1.30.